The molecule has 0 heterocycles. The number of nitrogen functional groups attached to an aromatic ring is 1. The number of nitrogens with one attached hydrogen (secondary N) is 1. The third-order valence-electron chi connectivity index (χ3n) is 4.95. The van der Waals surface area contributed by atoms with Gasteiger partial charge in [0.15, 0.2) is 0 Å². The van der Waals surface area contributed by atoms with Gasteiger partial charge in [0.05, 0.1) is 16.8 Å². The zero-order chi connectivity index (χ0) is 16.2. The van der Waals surface area contributed by atoms with Crippen LogP contribution in [0.5, 0.6) is 0 Å². The van der Waals surface area contributed by atoms with Crippen LogP contribution >= 0.6 is 0 Å². The van der Waals surface area contributed by atoms with Crippen molar-refractivity contribution in [2.45, 2.75) is 39.9 Å². The van der Waals surface area contributed by atoms with Gasteiger partial charge in [0.25, 0.3) is 5.91 Å². The van der Waals surface area contributed by atoms with Gasteiger partial charge in [-0.3, -0.25) is 4.79 Å². The lowest BCUT2D eigenvalue weighted by Crippen LogP contribution is -2.30. The first-order valence-electron chi connectivity index (χ1n) is 6.67. The summed E-state index contributed by atoms with van der Waals surface area (Å²) in [6.07, 6.45) is -4.57. The number of carbonyl (C=O) groups is 1. The molecule has 1 amide bonds. The molecule has 0 spiro atoms. The highest BCUT2D eigenvalue weighted by molar-refractivity contribution is 6.00. The number of amides is 1. The minimum atomic E-state index is -4.57. The van der Waals surface area contributed by atoms with Crippen LogP contribution in [0.3, 0.4) is 0 Å². The molecule has 0 saturated heterocycles. The van der Waals surface area contributed by atoms with Crippen LogP contribution in [0.15, 0.2) is 18.2 Å². The summed E-state index contributed by atoms with van der Waals surface area (Å²) >= 11 is 0. The highest BCUT2D eigenvalue weighted by Crippen LogP contribution is 2.62. The van der Waals surface area contributed by atoms with Gasteiger partial charge < -0.3 is 11.1 Å². The van der Waals surface area contributed by atoms with Crippen LogP contribution in [0, 0.1) is 10.8 Å². The molecule has 0 bridgehead atoms. The fraction of sp³-hybridized carbons (Fsp3) is 0.533. The molecule has 0 radical (unpaired) electrons. The third-order valence-corrected chi connectivity index (χ3v) is 4.95. The topological polar surface area (TPSA) is 55.1 Å². The van der Waals surface area contributed by atoms with Gasteiger partial charge in [0, 0.05) is 6.04 Å². The molecule has 0 aliphatic heterocycles. The fourth-order valence-corrected chi connectivity index (χ4v) is 2.78. The molecular formula is C15H19F3N2O. The largest absolute Gasteiger partial charge is 0.418 e. The molecule has 6 heteroatoms. The maximum atomic E-state index is 12.8. The Labute approximate surface area is 121 Å². The summed E-state index contributed by atoms with van der Waals surface area (Å²) in [6, 6.07) is 3.28. The number of nitrogens with two attached hydrogens (primary N) is 1. The van der Waals surface area contributed by atoms with Gasteiger partial charge in [-0.15, -0.1) is 0 Å². The third kappa shape index (κ3) is 2.36. The Morgan fingerprint density at radius 3 is 2.14 bits per heavy atom. The van der Waals surface area contributed by atoms with Gasteiger partial charge in [-0.05, 0) is 23.0 Å². The number of rotatable bonds is 2. The van der Waals surface area contributed by atoms with E-state index in [-0.39, 0.29) is 22.4 Å². The van der Waals surface area contributed by atoms with Crippen molar-refractivity contribution in [1.29, 1.82) is 0 Å². The van der Waals surface area contributed by atoms with Gasteiger partial charge in [-0.25, -0.2) is 0 Å². The summed E-state index contributed by atoms with van der Waals surface area (Å²) < 4.78 is 38.4. The zero-order valence-corrected chi connectivity index (χ0v) is 12.4. The second-order valence-corrected chi connectivity index (χ2v) is 6.61. The minimum Gasteiger partial charge on any atom is -0.398 e. The molecule has 3 N–H and O–H groups in total. The van der Waals surface area contributed by atoms with Crippen LogP contribution in [0.2, 0.25) is 0 Å². The average Bonchev–Trinajstić information content (AvgIpc) is 2.70. The Morgan fingerprint density at radius 2 is 1.71 bits per heavy atom. The number of halogens is 3. The van der Waals surface area contributed by atoms with E-state index in [4.69, 9.17) is 5.73 Å². The first-order valence-corrected chi connectivity index (χ1v) is 6.67. The number of para-hydroxylation sites is 1. The van der Waals surface area contributed by atoms with Crippen LogP contribution in [0.4, 0.5) is 18.9 Å². The molecule has 1 aromatic carbocycles. The molecule has 1 saturated carbocycles. The monoisotopic (exact) mass is 300 g/mol. The van der Waals surface area contributed by atoms with Crippen molar-refractivity contribution in [3.05, 3.63) is 29.3 Å². The summed E-state index contributed by atoms with van der Waals surface area (Å²) in [5.74, 6) is -0.567. The van der Waals surface area contributed by atoms with Crippen molar-refractivity contribution >= 4 is 11.6 Å². The molecule has 1 aromatic rings. The van der Waals surface area contributed by atoms with Crippen LogP contribution in [-0.4, -0.2) is 11.9 Å². The van der Waals surface area contributed by atoms with Gasteiger partial charge in [0.1, 0.15) is 0 Å². The van der Waals surface area contributed by atoms with E-state index >= 15 is 0 Å². The van der Waals surface area contributed by atoms with Crippen LogP contribution in [0.1, 0.15) is 43.6 Å². The first kappa shape index (κ1) is 15.7. The summed E-state index contributed by atoms with van der Waals surface area (Å²) in [6.45, 7) is 8.03. The number of hydrogen-bond donors (Lipinski definition) is 2. The number of benzene rings is 1. The Balaban J connectivity index is 2.26. The van der Waals surface area contributed by atoms with E-state index in [0.29, 0.717) is 0 Å². The molecule has 21 heavy (non-hydrogen) atoms. The van der Waals surface area contributed by atoms with E-state index in [2.05, 4.69) is 5.32 Å². The second kappa shape index (κ2) is 4.39. The quantitative estimate of drug-likeness (QED) is 0.822. The standard InChI is InChI=1S/C15H19F3N2O/c1-13(2)12(14(13,3)4)20-11(21)8-6-5-7-9(10(8)19)15(16,17)18/h5-7,12H,19H2,1-4H3,(H,20,21). The number of alkyl halides is 3. The molecule has 3 nitrogen and oxygen atoms in total. The summed E-state index contributed by atoms with van der Waals surface area (Å²) in [7, 11) is 0. The molecule has 0 atom stereocenters. The Kier molecular flexibility index (Phi) is 3.27. The van der Waals surface area contributed by atoms with Crippen LogP contribution in [0.25, 0.3) is 0 Å². The van der Waals surface area contributed by atoms with Gasteiger partial charge in [-0.1, -0.05) is 33.8 Å². The van der Waals surface area contributed by atoms with E-state index in [1.807, 2.05) is 27.7 Å². The molecule has 2 rings (SSSR count). The second-order valence-electron chi connectivity index (χ2n) is 6.61. The zero-order valence-electron chi connectivity index (χ0n) is 12.4. The number of hydrogen-bond acceptors (Lipinski definition) is 2. The Morgan fingerprint density at radius 1 is 1.19 bits per heavy atom. The lowest BCUT2D eigenvalue weighted by Gasteiger charge is -2.14. The minimum absolute atomic E-state index is 0.0913. The van der Waals surface area contributed by atoms with Crippen molar-refractivity contribution < 1.29 is 18.0 Å². The molecule has 1 aliphatic rings. The summed E-state index contributed by atoms with van der Waals surface area (Å²) in [5, 5.41) is 2.78. The van der Waals surface area contributed by atoms with Crippen molar-refractivity contribution in [2.75, 3.05) is 5.73 Å². The lowest BCUT2D eigenvalue weighted by molar-refractivity contribution is -0.136. The predicted molar refractivity (Wildman–Crippen MR) is 74.7 cm³/mol. The average molecular weight is 300 g/mol. The molecule has 0 unspecified atom stereocenters. The van der Waals surface area contributed by atoms with Gasteiger partial charge in [0.2, 0.25) is 0 Å². The SMILES string of the molecule is CC1(C)C(NC(=O)c2cccc(C(F)(F)F)c2N)C1(C)C. The van der Waals surface area contributed by atoms with Crippen LogP contribution in [-0.2, 0) is 6.18 Å². The smallest absolute Gasteiger partial charge is 0.398 e. The summed E-state index contributed by atoms with van der Waals surface area (Å²) in [4.78, 5) is 12.2. The van der Waals surface area contributed by atoms with E-state index < -0.39 is 23.3 Å². The normalized spacial score (nSPS) is 20.1. The summed E-state index contributed by atoms with van der Waals surface area (Å²) in [5.41, 5.74) is 3.68. The number of anilines is 1. The molecule has 1 aliphatic carbocycles. The maximum Gasteiger partial charge on any atom is 0.418 e. The maximum absolute atomic E-state index is 12.8. The molecule has 0 aromatic heterocycles. The molecule has 116 valence electrons. The van der Waals surface area contributed by atoms with Crippen molar-refractivity contribution in [2.24, 2.45) is 10.8 Å². The van der Waals surface area contributed by atoms with E-state index in [1.54, 1.807) is 0 Å². The van der Waals surface area contributed by atoms with Crippen molar-refractivity contribution in [3.63, 3.8) is 0 Å². The molecular weight excluding hydrogens is 281 g/mol. The van der Waals surface area contributed by atoms with Gasteiger partial charge in [-0.2, -0.15) is 13.2 Å². The van der Waals surface area contributed by atoms with Crippen molar-refractivity contribution in [1.82, 2.24) is 5.32 Å². The Hall–Kier alpha value is -1.72. The highest BCUT2D eigenvalue weighted by atomic mass is 19.4. The fourth-order valence-electron chi connectivity index (χ4n) is 2.78. The van der Waals surface area contributed by atoms with Crippen molar-refractivity contribution in [3.8, 4) is 0 Å². The number of carbonyl (C=O) groups excluding carboxylic acids is 1. The predicted octanol–water partition coefficient (Wildman–Crippen LogP) is 3.45. The first-order chi connectivity index (χ1) is 9.40. The lowest BCUT2D eigenvalue weighted by atomic mass is 10.0. The highest BCUT2D eigenvalue weighted by Gasteiger charge is 2.65. The van der Waals surface area contributed by atoms with E-state index in [9.17, 15) is 18.0 Å². The van der Waals surface area contributed by atoms with E-state index in [0.717, 1.165) is 6.07 Å². The molecule has 1 fully saturated rings. The Bertz CT molecular complexity index is 577. The van der Waals surface area contributed by atoms with Crippen LogP contribution < -0.4 is 11.1 Å². The van der Waals surface area contributed by atoms with Gasteiger partial charge >= 0.3 is 6.18 Å². The van der Waals surface area contributed by atoms with E-state index in [1.165, 1.54) is 12.1 Å².